The highest BCUT2D eigenvalue weighted by Gasteiger charge is 2.25. The summed E-state index contributed by atoms with van der Waals surface area (Å²) in [5, 5.41) is 3.09. The predicted octanol–water partition coefficient (Wildman–Crippen LogP) is 1.10. The number of hydrogen-bond donors (Lipinski definition) is 1. The minimum Gasteiger partial charge on any atom is -0.497 e. The van der Waals surface area contributed by atoms with Crippen molar-refractivity contribution in [3.63, 3.8) is 0 Å². The molecule has 0 bridgehead atoms. The van der Waals surface area contributed by atoms with Crippen molar-refractivity contribution < 1.29 is 9.53 Å². The summed E-state index contributed by atoms with van der Waals surface area (Å²) in [5.74, 6) is 1.18. The lowest BCUT2D eigenvalue weighted by Gasteiger charge is -2.25. The summed E-state index contributed by atoms with van der Waals surface area (Å²) in [5.41, 5.74) is 0.775. The maximum absolute atomic E-state index is 11.7. The van der Waals surface area contributed by atoms with Gasteiger partial charge in [-0.25, -0.2) is 0 Å². The van der Waals surface area contributed by atoms with Gasteiger partial charge in [-0.2, -0.15) is 0 Å². The molecule has 1 aromatic rings. The van der Waals surface area contributed by atoms with Crippen molar-refractivity contribution in [2.45, 2.75) is 0 Å². The second-order valence-electron chi connectivity index (χ2n) is 3.45. The Labute approximate surface area is 83.1 Å². The van der Waals surface area contributed by atoms with Gasteiger partial charge in [-0.05, 0) is 24.3 Å². The van der Waals surface area contributed by atoms with E-state index in [4.69, 9.17) is 4.74 Å². The molecular formula is C11H13NO2. The van der Waals surface area contributed by atoms with E-state index in [0.717, 1.165) is 24.4 Å². The van der Waals surface area contributed by atoms with Crippen LogP contribution in [0.1, 0.15) is 10.4 Å². The number of rotatable bonds is 3. The van der Waals surface area contributed by atoms with Gasteiger partial charge in [-0.3, -0.25) is 4.79 Å². The zero-order chi connectivity index (χ0) is 9.97. The Morgan fingerprint density at radius 1 is 1.36 bits per heavy atom. The van der Waals surface area contributed by atoms with Crippen molar-refractivity contribution in [2.75, 3.05) is 20.2 Å². The molecule has 0 amide bonds. The highest BCUT2D eigenvalue weighted by molar-refractivity contribution is 5.98. The molecule has 1 N–H and O–H groups in total. The number of ketones is 1. The third-order valence-electron chi connectivity index (χ3n) is 2.53. The number of methoxy groups -OCH3 is 1. The van der Waals surface area contributed by atoms with E-state index in [9.17, 15) is 4.79 Å². The van der Waals surface area contributed by atoms with Gasteiger partial charge in [0, 0.05) is 24.6 Å². The normalized spacial score (nSPS) is 16.1. The van der Waals surface area contributed by atoms with Crippen LogP contribution < -0.4 is 10.1 Å². The van der Waals surface area contributed by atoms with Gasteiger partial charge >= 0.3 is 0 Å². The zero-order valence-electron chi connectivity index (χ0n) is 8.12. The molecule has 1 saturated heterocycles. The Hall–Kier alpha value is -1.35. The van der Waals surface area contributed by atoms with Crippen LogP contribution in [0.3, 0.4) is 0 Å². The maximum atomic E-state index is 11.7. The van der Waals surface area contributed by atoms with Gasteiger partial charge in [0.1, 0.15) is 5.75 Å². The van der Waals surface area contributed by atoms with Crippen LogP contribution in [0.2, 0.25) is 0 Å². The highest BCUT2D eigenvalue weighted by atomic mass is 16.5. The van der Waals surface area contributed by atoms with Crippen molar-refractivity contribution in [1.29, 1.82) is 0 Å². The van der Waals surface area contributed by atoms with E-state index in [1.54, 1.807) is 7.11 Å². The van der Waals surface area contributed by atoms with E-state index in [0.29, 0.717) is 0 Å². The van der Waals surface area contributed by atoms with Gasteiger partial charge in [-0.1, -0.05) is 0 Å². The number of nitrogens with one attached hydrogen (secondary N) is 1. The standard InChI is InChI=1S/C11H13NO2/c1-14-10-4-2-8(3-5-10)11(13)9-6-12-7-9/h2-5,9,12H,6-7H2,1H3. The summed E-state index contributed by atoms with van der Waals surface area (Å²) in [6, 6.07) is 7.28. The third-order valence-corrected chi connectivity index (χ3v) is 2.53. The molecule has 1 aliphatic heterocycles. The average molecular weight is 191 g/mol. The van der Waals surface area contributed by atoms with Crippen molar-refractivity contribution in [3.8, 4) is 5.75 Å². The van der Waals surface area contributed by atoms with E-state index >= 15 is 0 Å². The minimum absolute atomic E-state index is 0.170. The molecule has 3 nitrogen and oxygen atoms in total. The fourth-order valence-electron chi connectivity index (χ4n) is 1.47. The molecule has 0 unspecified atom stereocenters. The van der Waals surface area contributed by atoms with Gasteiger partial charge in [0.2, 0.25) is 0 Å². The molecule has 1 aromatic carbocycles. The first kappa shape index (κ1) is 9.21. The van der Waals surface area contributed by atoms with Crippen LogP contribution in [-0.2, 0) is 0 Å². The lowest BCUT2D eigenvalue weighted by Crippen LogP contribution is -2.46. The van der Waals surface area contributed by atoms with Gasteiger partial charge in [0.15, 0.2) is 5.78 Å². The fraction of sp³-hybridized carbons (Fsp3) is 0.364. The van der Waals surface area contributed by atoms with Crippen LogP contribution in [-0.4, -0.2) is 26.0 Å². The summed E-state index contributed by atoms with van der Waals surface area (Å²) in [6.45, 7) is 1.62. The van der Waals surface area contributed by atoms with Crippen LogP contribution in [0.25, 0.3) is 0 Å². The molecule has 0 aromatic heterocycles. The van der Waals surface area contributed by atoms with Crippen LogP contribution in [0, 0.1) is 5.92 Å². The Morgan fingerprint density at radius 2 is 2.00 bits per heavy atom. The van der Waals surface area contributed by atoms with Gasteiger partial charge in [0.05, 0.1) is 7.11 Å². The molecule has 0 aliphatic carbocycles. The molecule has 0 spiro atoms. The van der Waals surface area contributed by atoms with Crippen LogP contribution in [0.5, 0.6) is 5.75 Å². The molecule has 1 heterocycles. The number of carbonyl (C=O) groups is 1. The number of hydrogen-bond acceptors (Lipinski definition) is 3. The topological polar surface area (TPSA) is 38.3 Å². The van der Waals surface area contributed by atoms with Crippen LogP contribution >= 0.6 is 0 Å². The lowest BCUT2D eigenvalue weighted by atomic mass is 9.93. The van der Waals surface area contributed by atoms with E-state index in [-0.39, 0.29) is 11.7 Å². The monoisotopic (exact) mass is 191 g/mol. The molecule has 0 radical (unpaired) electrons. The SMILES string of the molecule is COc1ccc(C(=O)C2CNC2)cc1. The van der Waals surface area contributed by atoms with E-state index < -0.39 is 0 Å². The zero-order valence-corrected chi connectivity index (χ0v) is 8.12. The average Bonchev–Trinajstić information content (AvgIpc) is 2.15. The first-order valence-corrected chi connectivity index (χ1v) is 4.70. The maximum Gasteiger partial charge on any atom is 0.168 e. The van der Waals surface area contributed by atoms with Crippen molar-refractivity contribution in [3.05, 3.63) is 29.8 Å². The lowest BCUT2D eigenvalue weighted by molar-refractivity contribution is 0.0878. The minimum atomic E-state index is 0.170. The summed E-state index contributed by atoms with van der Waals surface area (Å²) < 4.78 is 5.03. The summed E-state index contributed by atoms with van der Waals surface area (Å²) >= 11 is 0. The number of ether oxygens (including phenoxy) is 1. The van der Waals surface area contributed by atoms with Crippen molar-refractivity contribution >= 4 is 5.78 Å². The van der Waals surface area contributed by atoms with Crippen molar-refractivity contribution in [1.82, 2.24) is 5.32 Å². The first-order valence-electron chi connectivity index (χ1n) is 4.70. The van der Waals surface area contributed by atoms with E-state index in [2.05, 4.69) is 5.32 Å². The Balaban J connectivity index is 2.11. The van der Waals surface area contributed by atoms with Crippen LogP contribution in [0.15, 0.2) is 24.3 Å². The van der Waals surface area contributed by atoms with Gasteiger partial charge in [-0.15, -0.1) is 0 Å². The molecule has 0 atom stereocenters. The predicted molar refractivity (Wildman–Crippen MR) is 53.7 cm³/mol. The molecule has 0 saturated carbocycles. The summed E-state index contributed by atoms with van der Waals surface area (Å²) in [4.78, 5) is 11.7. The van der Waals surface area contributed by atoms with Crippen molar-refractivity contribution in [2.24, 2.45) is 5.92 Å². The fourth-order valence-corrected chi connectivity index (χ4v) is 1.47. The number of carbonyl (C=O) groups excluding carboxylic acids is 1. The molecule has 1 aliphatic rings. The van der Waals surface area contributed by atoms with E-state index in [1.165, 1.54) is 0 Å². The third kappa shape index (κ3) is 1.63. The van der Waals surface area contributed by atoms with Gasteiger partial charge < -0.3 is 10.1 Å². The molecular weight excluding hydrogens is 178 g/mol. The molecule has 2 rings (SSSR count). The number of Topliss-reactive ketones (excluding diaryl/α,β-unsaturated/α-hetero) is 1. The Bertz CT molecular complexity index is 328. The first-order chi connectivity index (χ1) is 6.81. The molecule has 14 heavy (non-hydrogen) atoms. The second-order valence-corrected chi connectivity index (χ2v) is 3.45. The summed E-state index contributed by atoms with van der Waals surface area (Å²) in [6.07, 6.45) is 0. The summed E-state index contributed by atoms with van der Waals surface area (Å²) in [7, 11) is 1.62. The molecule has 1 fully saturated rings. The quantitative estimate of drug-likeness (QED) is 0.727. The van der Waals surface area contributed by atoms with E-state index in [1.807, 2.05) is 24.3 Å². The number of benzene rings is 1. The molecule has 74 valence electrons. The van der Waals surface area contributed by atoms with Gasteiger partial charge in [0.25, 0.3) is 0 Å². The Kier molecular flexibility index (Phi) is 2.50. The Morgan fingerprint density at radius 3 is 2.43 bits per heavy atom. The largest absolute Gasteiger partial charge is 0.497 e. The second kappa shape index (κ2) is 3.80. The smallest absolute Gasteiger partial charge is 0.168 e. The highest BCUT2D eigenvalue weighted by Crippen LogP contribution is 2.16. The van der Waals surface area contributed by atoms with Crippen LogP contribution in [0.4, 0.5) is 0 Å². The molecule has 3 heteroatoms.